The fourth-order valence-electron chi connectivity index (χ4n) is 6.37. The first-order valence-corrected chi connectivity index (χ1v) is 16.2. The Kier molecular flexibility index (Phi) is 8.72. The molecule has 11 nitrogen and oxygen atoms in total. The van der Waals surface area contributed by atoms with Crippen LogP contribution in [0.4, 0.5) is 16.6 Å². The van der Waals surface area contributed by atoms with Crippen molar-refractivity contribution in [2.24, 2.45) is 0 Å². The molecule has 45 heavy (non-hydrogen) atoms. The van der Waals surface area contributed by atoms with E-state index >= 15 is 0 Å². The zero-order chi connectivity index (χ0) is 31.7. The Labute approximate surface area is 265 Å². The fraction of sp³-hybridized carbons (Fsp3) is 0.529. The average Bonchev–Trinajstić information content (AvgIpc) is 3.61. The Morgan fingerprint density at radius 3 is 2.60 bits per heavy atom. The van der Waals surface area contributed by atoms with Crippen molar-refractivity contribution in [1.82, 2.24) is 34.6 Å². The van der Waals surface area contributed by atoms with E-state index in [1.165, 1.54) is 12.8 Å². The van der Waals surface area contributed by atoms with E-state index in [1.54, 1.807) is 0 Å². The number of likely N-dealkylation sites (N-methyl/N-ethyl adjacent to an activating group) is 1. The Morgan fingerprint density at radius 2 is 1.84 bits per heavy atom. The number of nitrogens with zero attached hydrogens (tertiary/aromatic N) is 7. The van der Waals surface area contributed by atoms with Crippen LogP contribution in [0.5, 0.6) is 5.75 Å². The summed E-state index contributed by atoms with van der Waals surface area (Å²) in [4.78, 5) is 17.8. The number of anilines is 2. The topological polar surface area (TPSA) is 105 Å². The van der Waals surface area contributed by atoms with Crippen molar-refractivity contribution in [3.05, 3.63) is 65.5 Å². The quantitative estimate of drug-likeness (QED) is 0.253. The van der Waals surface area contributed by atoms with Gasteiger partial charge in [0, 0.05) is 30.6 Å². The molecule has 11 heteroatoms. The van der Waals surface area contributed by atoms with E-state index in [-0.39, 0.29) is 23.6 Å². The van der Waals surface area contributed by atoms with Gasteiger partial charge in [0.1, 0.15) is 17.7 Å². The molecule has 0 radical (unpaired) electrons. The summed E-state index contributed by atoms with van der Waals surface area (Å²) < 4.78 is 10.6. The molecule has 1 aromatic carbocycles. The minimum atomic E-state index is -0.238. The standard InChI is InChI=1S/C34H47N9O2/c1-23-11-9-10-18-41(23)33-38-37-30-17-14-24(22-42(30)33)45-28-16-15-27(25-12-7-8-13-26(25)28)35-32(44)36-31-21-29(34(2,3)4)39-43(31)20-19-40(5)6/h7-8,12-14,17,21-23,27-28H,9-11,15-16,18-20H2,1-6H3,(H2,35,36,44)/t23-,27-,28+/m0/s1. The number of aromatic nitrogens is 5. The predicted molar refractivity (Wildman–Crippen MR) is 177 cm³/mol. The summed E-state index contributed by atoms with van der Waals surface area (Å²) in [6.07, 6.45) is 6.99. The molecule has 4 aromatic rings. The summed E-state index contributed by atoms with van der Waals surface area (Å²) in [5.41, 5.74) is 3.80. The lowest BCUT2D eigenvalue weighted by molar-refractivity contribution is 0.171. The minimum absolute atomic E-state index is 0.125. The van der Waals surface area contributed by atoms with Crippen LogP contribution in [0.15, 0.2) is 48.7 Å². The third kappa shape index (κ3) is 6.78. The maximum absolute atomic E-state index is 13.4. The molecule has 0 spiro atoms. The Balaban J connectivity index is 1.17. The number of fused-ring (bicyclic) bond motifs is 2. The number of urea groups is 1. The van der Waals surface area contributed by atoms with Crippen molar-refractivity contribution < 1.29 is 9.53 Å². The van der Waals surface area contributed by atoms with E-state index < -0.39 is 0 Å². The number of amides is 2. The second kappa shape index (κ2) is 12.7. The number of carbonyl (C=O) groups excluding carboxylic acids is 1. The van der Waals surface area contributed by atoms with Crippen LogP contribution in [0.3, 0.4) is 0 Å². The molecule has 2 N–H and O–H groups in total. The first-order chi connectivity index (χ1) is 21.6. The molecule has 1 aliphatic heterocycles. The van der Waals surface area contributed by atoms with Crippen LogP contribution in [0.25, 0.3) is 5.65 Å². The smallest absolute Gasteiger partial charge is 0.320 e. The SMILES string of the molecule is C[C@H]1CCCCN1c1nnc2ccc(O[C@@H]3CC[C@H](NC(=O)Nc4cc(C(C)(C)C)nn4CCN(C)C)c4ccccc43)cn12. The summed E-state index contributed by atoms with van der Waals surface area (Å²) in [5.74, 6) is 2.35. The highest BCUT2D eigenvalue weighted by Gasteiger charge is 2.30. The molecule has 2 amide bonds. The molecule has 1 fully saturated rings. The van der Waals surface area contributed by atoms with Gasteiger partial charge in [-0.15, -0.1) is 10.2 Å². The van der Waals surface area contributed by atoms with E-state index in [2.05, 4.69) is 74.9 Å². The van der Waals surface area contributed by atoms with Crippen molar-refractivity contribution in [3.8, 4) is 5.75 Å². The molecule has 240 valence electrons. The molecule has 0 bridgehead atoms. The number of piperidine rings is 1. The number of hydrogen-bond acceptors (Lipinski definition) is 7. The Morgan fingerprint density at radius 1 is 1.04 bits per heavy atom. The zero-order valence-electron chi connectivity index (χ0n) is 27.5. The lowest BCUT2D eigenvalue weighted by atomic mass is 9.85. The van der Waals surface area contributed by atoms with Gasteiger partial charge in [-0.05, 0) is 76.4 Å². The van der Waals surface area contributed by atoms with Crippen LogP contribution in [-0.4, -0.2) is 68.5 Å². The van der Waals surface area contributed by atoms with Gasteiger partial charge >= 0.3 is 6.03 Å². The van der Waals surface area contributed by atoms with Gasteiger partial charge in [-0.1, -0.05) is 45.0 Å². The zero-order valence-corrected chi connectivity index (χ0v) is 27.5. The normalized spacial score (nSPS) is 20.3. The van der Waals surface area contributed by atoms with Crippen molar-refractivity contribution in [2.45, 2.75) is 89.9 Å². The second-order valence-corrected chi connectivity index (χ2v) is 13.8. The molecule has 0 unspecified atom stereocenters. The van der Waals surface area contributed by atoms with Crippen LogP contribution in [0.1, 0.15) is 88.8 Å². The third-order valence-corrected chi connectivity index (χ3v) is 8.99. The van der Waals surface area contributed by atoms with Gasteiger partial charge in [-0.25, -0.2) is 9.48 Å². The molecule has 6 rings (SSSR count). The van der Waals surface area contributed by atoms with Gasteiger partial charge in [0.25, 0.3) is 0 Å². The Hall–Kier alpha value is -4.12. The maximum Gasteiger partial charge on any atom is 0.320 e. The van der Waals surface area contributed by atoms with Gasteiger partial charge in [0.05, 0.1) is 24.5 Å². The lowest BCUT2D eigenvalue weighted by Gasteiger charge is -2.33. The van der Waals surface area contributed by atoms with Gasteiger partial charge in [-0.3, -0.25) is 9.72 Å². The Bertz CT molecular complexity index is 1640. The summed E-state index contributed by atoms with van der Waals surface area (Å²) >= 11 is 0. The second-order valence-electron chi connectivity index (χ2n) is 13.8. The summed E-state index contributed by atoms with van der Waals surface area (Å²) in [6.45, 7) is 11.1. The van der Waals surface area contributed by atoms with Gasteiger partial charge in [-0.2, -0.15) is 5.10 Å². The fourth-order valence-corrected chi connectivity index (χ4v) is 6.37. The van der Waals surface area contributed by atoms with E-state index in [1.807, 2.05) is 55.3 Å². The molecule has 0 saturated carbocycles. The highest BCUT2D eigenvalue weighted by molar-refractivity contribution is 5.88. The van der Waals surface area contributed by atoms with Crippen molar-refractivity contribution in [3.63, 3.8) is 0 Å². The summed E-state index contributed by atoms with van der Waals surface area (Å²) in [7, 11) is 4.07. The van der Waals surface area contributed by atoms with Crippen molar-refractivity contribution in [2.75, 3.05) is 37.4 Å². The monoisotopic (exact) mass is 613 g/mol. The molecule has 1 saturated heterocycles. The molecule has 2 aliphatic rings. The number of benzene rings is 1. The minimum Gasteiger partial charge on any atom is -0.484 e. The number of ether oxygens (including phenoxy) is 1. The van der Waals surface area contributed by atoms with E-state index in [4.69, 9.17) is 9.84 Å². The van der Waals surface area contributed by atoms with Gasteiger partial charge in [0.15, 0.2) is 5.65 Å². The van der Waals surface area contributed by atoms with Crippen molar-refractivity contribution in [1.29, 1.82) is 0 Å². The van der Waals surface area contributed by atoms with Gasteiger partial charge < -0.3 is 19.9 Å². The highest BCUT2D eigenvalue weighted by Crippen LogP contribution is 2.39. The first-order valence-electron chi connectivity index (χ1n) is 16.2. The maximum atomic E-state index is 13.4. The summed E-state index contributed by atoms with van der Waals surface area (Å²) in [5, 5.41) is 20.1. The highest BCUT2D eigenvalue weighted by atomic mass is 16.5. The van der Waals surface area contributed by atoms with Crippen LogP contribution < -0.4 is 20.3 Å². The lowest BCUT2D eigenvalue weighted by Crippen LogP contribution is -2.38. The molecule has 1 aliphatic carbocycles. The van der Waals surface area contributed by atoms with Crippen LogP contribution in [-0.2, 0) is 12.0 Å². The van der Waals surface area contributed by atoms with Crippen LogP contribution in [0.2, 0.25) is 0 Å². The molecular formula is C34H47N9O2. The largest absolute Gasteiger partial charge is 0.484 e. The number of nitrogens with one attached hydrogen (secondary N) is 2. The van der Waals surface area contributed by atoms with Crippen LogP contribution >= 0.6 is 0 Å². The number of pyridine rings is 1. The van der Waals surface area contributed by atoms with E-state index in [9.17, 15) is 4.79 Å². The molecule has 4 heterocycles. The molecule has 3 atom stereocenters. The number of carbonyl (C=O) groups is 1. The predicted octanol–water partition coefficient (Wildman–Crippen LogP) is 5.94. The molecular weight excluding hydrogens is 566 g/mol. The van der Waals surface area contributed by atoms with Crippen molar-refractivity contribution >= 4 is 23.4 Å². The average molecular weight is 614 g/mol. The number of hydrogen-bond donors (Lipinski definition) is 2. The molecule has 3 aromatic heterocycles. The third-order valence-electron chi connectivity index (χ3n) is 8.99. The first kappa shape index (κ1) is 30.9. The summed E-state index contributed by atoms with van der Waals surface area (Å²) in [6, 6.07) is 14.2. The number of rotatable bonds is 8. The van der Waals surface area contributed by atoms with Crippen LogP contribution in [0, 0.1) is 0 Å². The van der Waals surface area contributed by atoms with E-state index in [0.29, 0.717) is 18.4 Å². The van der Waals surface area contributed by atoms with E-state index in [0.717, 1.165) is 66.5 Å². The van der Waals surface area contributed by atoms with Gasteiger partial charge in [0.2, 0.25) is 5.95 Å².